The minimum absolute atomic E-state index is 0.0950. The monoisotopic (exact) mass is 793 g/mol. The standard InChI is InChI=1S/C51H84O6/c1-4-7-10-13-15-17-19-21-23-24-25-26-28-29-31-33-35-38-41-44-50(53)56-47-48(46-55-49(52)43-40-37-12-9-6-3)57-51(54)45-42-39-36-34-32-30-27-22-20-18-16-14-11-8-5-2/h7,10,15-18,21-23,25-27,29,31,48H,4-6,8-9,11-14,19-20,24,28,30,32-47H2,1-3H3/b10-7-,17-15-,18-16-,23-21-,26-25-,27-22-,31-29-. The molecule has 0 saturated heterocycles. The van der Waals surface area contributed by atoms with Gasteiger partial charge in [-0.25, -0.2) is 0 Å². The van der Waals surface area contributed by atoms with E-state index in [1.54, 1.807) is 0 Å². The Morgan fingerprint density at radius 3 is 1.12 bits per heavy atom. The number of esters is 3. The Hall–Kier alpha value is -3.41. The van der Waals surface area contributed by atoms with Crippen molar-refractivity contribution in [2.24, 2.45) is 0 Å². The molecule has 6 heteroatoms. The maximum atomic E-state index is 12.7. The molecule has 0 aromatic carbocycles. The molecule has 6 nitrogen and oxygen atoms in total. The van der Waals surface area contributed by atoms with Crippen molar-refractivity contribution in [3.63, 3.8) is 0 Å². The van der Waals surface area contributed by atoms with E-state index in [9.17, 15) is 14.4 Å². The summed E-state index contributed by atoms with van der Waals surface area (Å²) in [4.78, 5) is 37.5. The molecule has 1 unspecified atom stereocenters. The predicted molar refractivity (Wildman–Crippen MR) is 242 cm³/mol. The predicted octanol–water partition coefficient (Wildman–Crippen LogP) is 14.9. The highest BCUT2D eigenvalue weighted by molar-refractivity contribution is 5.71. The van der Waals surface area contributed by atoms with Crippen molar-refractivity contribution < 1.29 is 28.6 Å². The first kappa shape index (κ1) is 53.6. The van der Waals surface area contributed by atoms with E-state index in [0.717, 1.165) is 135 Å². The Kier molecular flexibility index (Phi) is 42.6. The highest BCUT2D eigenvalue weighted by Gasteiger charge is 2.19. The second-order valence-electron chi connectivity index (χ2n) is 14.9. The van der Waals surface area contributed by atoms with Crippen molar-refractivity contribution in [3.8, 4) is 0 Å². The van der Waals surface area contributed by atoms with Gasteiger partial charge in [-0.3, -0.25) is 14.4 Å². The third-order valence-electron chi connectivity index (χ3n) is 9.38. The van der Waals surface area contributed by atoms with Gasteiger partial charge in [-0.1, -0.05) is 170 Å². The highest BCUT2D eigenvalue weighted by atomic mass is 16.6. The van der Waals surface area contributed by atoms with Gasteiger partial charge in [0.15, 0.2) is 6.10 Å². The zero-order chi connectivity index (χ0) is 41.5. The Bertz CT molecular complexity index is 1140. The van der Waals surface area contributed by atoms with Crippen molar-refractivity contribution >= 4 is 17.9 Å². The molecule has 0 saturated carbocycles. The van der Waals surface area contributed by atoms with Crippen LogP contribution in [0.5, 0.6) is 0 Å². The fraction of sp³-hybridized carbons (Fsp3) is 0.667. The van der Waals surface area contributed by atoms with Crippen LogP contribution in [0, 0.1) is 0 Å². The average Bonchev–Trinajstić information content (AvgIpc) is 3.21. The fourth-order valence-electron chi connectivity index (χ4n) is 5.91. The number of unbranched alkanes of at least 4 members (excludes halogenated alkanes) is 15. The first-order valence-corrected chi connectivity index (χ1v) is 23.1. The van der Waals surface area contributed by atoms with E-state index in [1.165, 1.54) is 25.7 Å². The minimum Gasteiger partial charge on any atom is -0.462 e. The van der Waals surface area contributed by atoms with Gasteiger partial charge in [0, 0.05) is 19.3 Å². The molecule has 0 bridgehead atoms. The number of allylic oxidation sites excluding steroid dienone is 14. The van der Waals surface area contributed by atoms with Crippen LogP contribution in [0.2, 0.25) is 0 Å². The van der Waals surface area contributed by atoms with E-state index in [1.807, 2.05) is 0 Å². The first-order chi connectivity index (χ1) is 28.0. The summed E-state index contributed by atoms with van der Waals surface area (Å²) in [7, 11) is 0. The molecular weight excluding hydrogens is 709 g/mol. The average molecular weight is 793 g/mol. The van der Waals surface area contributed by atoms with Crippen molar-refractivity contribution in [2.45, 2.75) is 207 Å². The van der Waals surface area contributed by atoms with Crippen LogP contribution in [0.25, 0.3) is 0 Å². The quantitative estimate of drug-likeness (QED) is 0.0266. The smallest absolute Gasteiger partial charge is 0.306 e. The van der Waals surface area contributed by atoms with Gasteiger partial charge in [0.1, 0.15) is 13.2 Å². The van der Waals surface area contributed by atoms with Gasteiger partial charge in [0.2, 0.25) is 0 Å². The third kappa shape index (κ3) is 43.6. The molecule has 0 aromatic heterocycles. The van der Waals surface area contributed by atoms with Crippen LogP contribution >= 0.6 is 0 Å². The van der Waals surface area contributed by atoms with Crippen molar-refractivity contribution in [1.82, 2.24) is 0 Å². The topological polar surface area (TPSA) is 78.9 Å². The third-order valence-corrected chi connectivity index (χ3v) is 9.38. The van der Waals surface area contributed by atoms with Gasteiger partial charge in [0.25, 0.3) is 0 Å². The van der Waals surface area contributed by atoms with Crippen LogP contribution in [0.15, 0.2) is 85.1 Å². The van der Waals surface area contributed by atoms with Gasteiger partial charge in [-0.15, -0.1) is 0 Å². The summed E-state index contributed by atoms with van der Waals surface area (Å²) in [6.07, 6.45) is 57.4. The van der Waals surface area contributed by atoms with Crippen LogP contribution in [-0.4, -0.2) is 37.2 Å². The molecule has 0 aromatic rings. The van der Waals surface area contributed by atoms with Crippen molar-refractivity contribution in [2.75, 3.05) is 13.2 Å². The van der Waals surface area contributed by atoms with E-state index in [-0.39, 0.29) is 31.1 Å². The molecular formula is C51H84O6. The highest BCUT2D eigenvalue weighted by Crippen LogP contribution is 2.12. The molecule has 0 N–H and O–H groups in total. The van der Waals surface area contributed by atoms with Crippen LogP contribution in [-0.2, 0) is 28.6 Å². The van der Waals surface area contributed by atoms with E-state index in [0.29, 0.717) is 19.3 Å². The molecule has 0 radical (unpaired) electrons. The number of carbonyl (C=O) groups is 3. The van der Waals surface area contributed by atoms with E-state index in [2.05, 4.69) is 106 Å². The second kappa shape index (κ2) is 45.3. The van der Waals surface area contributed by atoms with Gasteiger partial charge < -0.3 is 14.2 Å². The molecule has 0 rings (SSSR count). The molecule has 0 aliphatic carbocycles. The van der Waals surface area contributed by atoms with Gasteiger partial charge >= 0.3 is 17.9 Å². The SMILES string of the molecule is CC/C=C\C/C=C\C/C=C\C/C=C\C/C=C\CCCCCC(=O)OCC(COC(=O)CCCCCCC)OC(=O)CCCCCCC/C=C\C/C=C\CCCCC. The fourth-order valence-corrected chi connectivity index (χ4v) is 5.91. The maximum Gasteiger partial charge on any atom is 0.306 e. The summed E-state index contributed by atoms with van der Waals surface area (Å²) in [6.45, 7) is 6.35. The van der Waals surface area contributed by atoms with Crippen LogP contribution in [0.1, 0.15) is 201 Å². The Labute approximate surface area is 350 Å². The number of carbonyl (C=O) groups excluding carboxylic acids is 3. The summed E-state index contributed by atoms with van der Waals surface area (Å²) in [5, 5.41) is 0. The molecule has 324 valence electrons. The normalized spacial score (nSPS) is 12.8. The largest absolute Gasteiger partial charge is 0.462 e. The zero-order valence-corrected chi connectivity index (χ0v) is 36.8. The van der Waals surface area contributed by atoms with E-state index < -0.39 is 6.10 Å². The van der Waals surface area contributed by atoms with Crippen molar-refractivity contribution in [1.29, 1.82) is 0 Å². The zero-order valence-electron chi connectivity index (χ0n) is 36.8. The van der Waals surface area contributed by atoms with E-state index >= 15 is 0 Å². The molecule has 57 heavy (non-hydrogen) atoms. The number of rotatable bonds is 40. The summed E-state index contributed by atoms with van der Waals surface area (Å²) in [5.74, 6) is -0.964. The molecule has 0 heterocycles. The van der Waals surface area contributed by atoms with Crippen LogP contribution in [0.3, 0.4) is 0 Å². The maximum absolute atomic E-state index is 12.7. The second-order valence-corrected chi connectivity index (χ2v) is 14.9. The number of hydrogen-bond acceptors (Lipinski definition) is 6. The Morgan fingerprint density at radius 2 is 0.684 bits per heavy atom. The summed E-state index contributed by atoms with van der Waals surface area (Å²) >= 11 is 0. The summed E-state index contributed by atoms with van der Waals surface area (Å²) in [6, 6.07) is 0. The van der Waals surface area contributed by atoms with Crippen LogP contribution < -0.4 is 0 Å². The Balaban J connectivity index is 4.32. The lowest BCUT2D eigenvalue weighted by molar-refractivity contribution is -0.167. The first-order valence-electron chi connectivity index (χ1n) is 23.1. The number of hydrogen-bond donors (Lipinski definition) is 0. The molecule has 0 aliphatic heterocycles. The van der Waals surface area contributed by atoms with Gasteiger partial charge in [-0.2, -0.15) is 0 Å². The van der Waals surface area contributed by atoms with Crippen LogP contribution in [0.4, 0.5) is 0 Å². The van der Waals surface area contributed by atoms with Gasteiger partial charge in [-0.05, 0) is 96.3 Å². The molecule has 1 atom stereocenters. The molecule has 0 spiro atoms. The minimum atomic E-state index is -0.793. The van der Waals surface area contributed by atoms with Crippen molar-refractivity contribution in [3.05, 3.63) is 85.1 Å². The summed E-state index contributed by atoms with van der Waals surface area (Å²) < 4.78 is 16.6. The number of ether oxygens (including phenoxy) is 3. The van der Waals surface area contributed by atoms with Gasteiger partial charge in [0.05, 0.1) is 0 Å². The summed E-state index contributed by atoms with van der Waals surface area (Å²) in [5.41, 5.74) is 0. The molecule has 0 fully saturated rings. The Morgan fingerprint density at radius 1 is 0.368 bits per heavy atom. The molecule has 0 amide bonds. The molecule has 0 aliphatic rings. The lowest BCUT2D eigenvalue weighted by Crippen LogP contribution is -2.30. The van der Waals surface area contributed by atoms with E-state index in [4.69, 9.17) is 14.2 Å². The lowest BCUT2D eigenvalue weighted by atomic mass is 10.1. The lowest BCUT2D eigenvalue weighted by Gasteiger charge is -2.18.